The molecule has 0 aliphatic heterocycles. The van der Waals surface area contributed by atoms with Crippen molar-refractivity contribution in [3.63, 3.8) is 0 Å². The van der Waals surface area contributed by atoms with Crippen molar-refractivity contribution in [2.75, 3.05) is 4.90 Å². The Morgan fingerprint density at radius 1 is 1.26 bits per heavy atom. The zero-order valence-corrected chi connectivity index (χ0v) is 11.1. The lowest BCUT2D eigenvalue weighted by atomic mass is 10.2. The highest BCUT2D eigenvalue weighted by Crippen LogP contribution is 2.33. The van der Waals surface area contributed by atoms with Gasteiger partial charge in [0.2, 0.25) is 5.91 Å². The summed E-state index contributed by atoms with van der Waals surface area (Å²) in [7, 11) is 0. The normalized spacial score (nSPS) is 14.4. The van der Waals surface area contributed by atoms with Gasteiger partial charge in [0.05, 0.1) is 12.8 Å². The molecule has 3 rings (SSSR count). The first-order valence-corrected chi connectivity index (χ1v) is 6.71. The Kier molecular flexibility index (Phi) is 3.30. The van der Waals surface area contributed by atoms with Crippen LogP contribution in [0, 0.1) is 5.92 Å². The van der Waals surface area contributed by atoms with Gasteiger partial charge in [-0.05, 0) is 49.2 Å². The van der Waals surface area contributed by atoms with Crippen LogP contribution in [0.1, 0.15) is 18.6 Å². The molecule has 1 aliphatic rings. The second-order valence-electron chi connectivity index (χ2n) is 4.75. The zero-order chi connectivity index (χ0) is 13.2. The van der Waals surface area contributed by atoms with Crippen molar-refractivity contribution < 1.29 is 9.21 Å². The number of furan rings is 1. The highest BCUT2D eigenvalue weighted by molar-refractivity contribution is 6.30. The van der Waals surface area contributed by atoms with Crippen molar-refractivity contribution in [1.29, 1.82) is 0 Å². The van der Waals surface area contributed by atoms with Crippen molar-refractivity contribution >= 4 is 23.2 Å². The Balaban J connectivity index is 1.86. The lowest BCUT2D eigenvalue weighted by molar-refractivity contribution is -0.120. The van der Waals surface area contributed by atoms with Gasteiger partial charge in [-0.1, -0.05) is 11.6 Å². The van der Waals surface area contributed by atoms with Crippen LogP contribution in [0.3, 0.4) is 0 Å². The Labute approximate surface area is 116 Å². The number of carbonyl (C=O) groups is 1. The van der Waals surface area contributed by atoms with Crippen LogP contribution in [0.15, 0.2) is 47.1 Å². The molecule has 4 heteroatoms. The summed E-state index contributed by atoms with van der Waals surface area (Å²) in [6, 6.07) is 11.0. The topological polar surface area (TPSA) is 33.5 Å². The second kappa shape index (κ2) is 5.10. The standard InChI is InChI=1S/C15H14ClNO2/c16-12-5-7-13(8-6-12)17(15(18)11-3-4-11)10-14-2-1-9-19-14/h1-2,5-9,11H,3-4,10H2. The largest absolute Gasteiger partial charge is 0.467 e. The number of nitrogens with zero attached hydrogens (tertiary/aromatic N) is 1. The monoisotopic (exact) mass is 275 g/mol. The van der Waals surface area contributed by atoms with Gasteiger partial charge in [0, 0.05) is 16.6 Å². The fourth-order valence-electron chi connectivity index (χ4n) is 2.03. The molecular formula is C15H14ClNO2. The van der Waals surface area contributed by atoms with Crippen LogP contribution in [-0.4, -0.2) is 5.91 Å². The van der Waals surface area contributed by atoms with Gasteiger partial charge in [-0.2, -0.15) is 0 Å². The fourth-order valence-corrected chi connectivity index (χ4v) is 2.15. The molecule has 0 unspecified atom stereocenters. The number of hydrogen-bond acceptors (Lipinski definition) is 2. The summed E-state index contributed by atoms with van der Waals surface area (Å²) in [5, 5.41) is 0.667. The van der Waals surface area contributed by atoms with Crippen LogP contribution in [-0.2, 0) is 11.3 Å². The number of anilines is 1. The zero-order valence-electron chi connectivity index (χ0n) is 10.4. The summed E-state index contributed by atoms with van der Waals surface area (Å²) >= 11 is 5.89. The van der Waals surface area contributed by atoms with E-state index in [0.29, 0.717) is 11.6 Å². The maximum absolute atomic E-state index is 12.4. The van der Waals surface area contributed by atoms with Gasteiger partial charge < -0.3 is 9.32 Å². The molecule has 1 aromatic heterocycles. The summed E-state index contributed by atoms with van der Waals surface area (Å²) in [6.07, 6.45) is 3.60. The number of benzene rings is 1. The van der Waals surface area contributed by atoms with Crippen LogP contribution < -0.4 is 4.90 Å². The Morgan fingerprint density at radius 3 is 2.58 bits per heavy atom. The SMILES string of the molecule is O=C(C1CC1)N(Cc1ccco1)c1ccc(Cl)cc1. The summed E-state index contributed by atoms with van der Waals surface area (Å²) in [6.45, 7) is 0.462. The van der Waals surface area contributed by atoms with Gasteiger partial charge >= 0.3 is 0 Å². The first-order chi connectivity index (χ1) is 9.24. The van der Waals surface area contributed by atoms with Crippen LogP contribution in [0.2, 0.25) is 5.02 Å². The molecule has 1 saturated carbocycles. The highest BCUT2D eigenvalue weighted by Gasteiger charge is 2.34. The number of carbonyl (C=O) groups excluding carboxylic acids is 1. The molecule has 1 aliphatic carbocycles. The number of amides is 1. The average molecular weight is 276 g/mol. The summed E-state index contributed by atoms with van der Waals surface area (Å²) < 4.78 is 5.34. The van der Waals surface area contributed by atoms with E-state index in [1.807, 2.05) is 24.3 Å². The third-order valence-electron chi connectivity index (χ3n) is 3.22. The first kappa shape index (κ1) is 12.3. The minimum atomic E-state index is 0.165. The van der Waals surface area contributed by atoms with Crippen molar-refractivity contribution in [3.8, 4) is 0 Å². The lowest BCUT2D eigenvalue weighted by Crippen LogP contribution is -2.31. The molecule has 98 valence electrons. The third-order valence-corrected chi connectivity index (χ3v) is 3.48. The van der Waals surface area contributed by atoms with Gasteiger partial charge in [-0.3, -0.25) is 4.79 Å². The molecule has 0 N–H and O–H groups in total. The number of hydrogen-bond donors (Lipinski definition) is 0. The predicted octanol–water partition coefficient (Wildman–Crippen LogP) is 3.88. The molecule has 3 nitrogen and oxygen atoms in total. The Bertz CT molecular complexity index is 558. The number of rotatable bonds is 4. The maximum Gasteiger partial charge on any atom is 0.230 e. The second-order valence-corrected chi connectivity index (χ2v) is 5.19. The summed E-state index contributed by atoms with van der Waals surface area (Å²) in [4.78, 5) is 14.1. The minimum Gasteiger partial charge on any atom is -0.467 e. The van der Waals surface area contributed by atoms with Crippen molar-refractivity contribution in [3.05, 3.63) is 53.4 Å². The molecule has 0 spiro atoms. The minimum absolute atomic E-state index is 0.165. The predicted molar refractivity (Wildman–Crippen MR) is 74.1 cm³/mol. The van der Waals surface area contributed by atoms with Gasteiger partial charge in [0.25, 0.3) is 0 Å². The van der Waals surface area contributed by atoms with Crippen LogP contribution in [0.25, 0.3) is 0 Å². The van der Waals surface area contributed by atoms with E-state index in [9.17, 15) is 4.79 Å². The molecule has 1 amide bonds. The van der Waals surface area contributed by atoms with Gasteiger partial charge in [0.1, 0.15) is 5.76 Å². The summed E-state index contributed by atoms with van der Waals surface area (Å²) in [5.74, 6) is 1.12. The number of halogens is 1. The van der Waals surface area contributed by atoms with Crippen LogP contribution in [0.5, 0.6) is 0 Å². The molecule has 19 heavy (non-hydrogen) atoms. The molecule has 0 radical (unpaired) electrons. The van der Waals surface area contributed by atoms with E-state index in [1.54, 1.807) is 23.3 Å². The molecular weight excluding hydrogens is 262 g/mol. The first-order valence-electron chi connectivity index (χ1n) is 6.33. The fraction of sp³-hybridized carbons (Fsp3) is 0.267. The van der Waals surface area contributed by atoms with Crippen molar-refractivity contribution in [2.24, 2.45) is 5.92 Å². The van der Waals surface area contributed by atoms with E-state index in [-0.39, 0.29) is 11.8 Å². The van der Waals surface area contributed by atoms with Crippen LogP contribution in [0.4, 0.5) is 5.69 Å². The van der Waals surface area contributed by atoms with Gasteiger partial charge in [-0.15, -0.1) is 0 Å². The molecule has 2 aromatic rings. The maximum atomic E-state index is 12.4. The Hall–Kier alpha value is -1.74. The molecule has 0 atom stereocenters. The quantitative estimate of drug-likeness (QED) is 0.848. The van der Waals surface area contributed by atoms with E-state index in [4.69, 9.17) is 16.0 Å². The average Bonchev–Trinajstić information content (AvgIpc) is 3.14. The van der Waals surface area contributed by atoms with Crippen molar-refractivity contribution in [1.82, 2.24) is 0 Å². The molecule has 1 heterocycles. The van der Waals surface area contributed by atoms with Crippen molar-refractivity contribution in [2.45, 2.75) is 19.4 Å². The molecule has 0 saturated heterocycles. The highest BCUT2D eigenvalue weighted by atomic mass is 35.5. The molecule has 0 bridgehead atoms. The van der Waals surface area contributed by atoms with E-state index < -0.39 is 0 Å². The lowest BCUT2D eigenvalue weighted by Gasteiger charge is -2.22. The smallest absolute Gasteiger partial charge is 0.230 e. The van der Waals surface area contributed by atoms with E-state index >= 15 is 0 Å². The van der Waals surface area contributed by atoms with E-state index in [1.165, 1.54) is 0 Å². The van der Waals surface area contributed by atoms with E-state index in [2.05, 4.69) is 0 Å². The van der Waals surface area contributed by atoms with Gasteiger partial charge in [-0.25, -0.2) is 0 Å². The van der Waals surface area contributed by atoms with Crippen LogP contribution >= 0.6 is 11.6 Å². The van der Waals surface area contributed by atoms with E-state index in [0.717, 1.165) is 24.3 Å². The Morgan fingerprint density at radius 2 is 2.00 bits per heavy atom. The molecule has 1 fully saturated rings. The third kappa shape index (κ3) is 2.82. The van der Waals surface area contributed by atoms with Gasteiger partial charge in [0.15, 0.2) is 0 Å². The molecule has 1 aromatic carbocycles. The summed E-state index contributed by atoms with van der Waals surface area (Å²) in [5.41, 5.74) is 0.859.